The minimum Gasteiger partial charge on any atom is -0.489 e. The minimum absolute atomic E-state index is 0.0620. The molecule has 9 heteroatoms. The van der Waals surface area contributed by atoms with Crippen molar-refractivity contribution in [3.05, 3.63) is 29.6 Å². The van der Waals surface area contributed by atoms with Crippen molar-refractivity contribution in [2.24, 2.45) is 0 Å². The lowest BCUT2D eigenvalue weighted by molar-refractivity contribution is 0.0470. The highest BCUT2D eigenvalue weighted by Crippen LogP contribution is 2.49. The molecule has 2 aromatic rings. The first-order valence-electron chi connectivity index (χ1n) is 12.9. The molecule has 0 radical (unpaired) electrons. The Kier molecular flexibility index (Phi) is 7.88. The molecule has 37 heavy (non-hydrogen) atoms. The highest BCUT2D eigenvalue weighted by atomic mass is 32.2. The number of nitriles is 1. The van der Waals surface area contributed by atoms with Crippen LogP contribution in [0.1, 0.15) is 77.8 Å². The van der Waals surface area contributed by atoms with Gasteiger partial charge in [-0.1, -0.05) is 13.8 Å². The van der Waals surface area contributed by atoms with Crippen LogP contribution in [0.4, 0.5) is 10.6 Å². The van der Waals surface area contributed by atoms with Crippen LogP contribution in [-0.4, -0.2) is 39.6 Å². The minimum atomic E-state index is -0.511. The molecule has 1 fully saturated rings. The van der Waals surface area contributed by atoms with Crippen molar-refractivity contribution in [3.8, 4) is 23.1 Å². The number of nitrogens with one attached hydrogen (secondary N) is 1. The van der Waals surface area contributed by atoms with Crippen molar-refractivity contribution < 1.29 is 14.3 Å². The average Bonchev–Trinajstić information content (AvgIpc) is 2.80. The van der Waals surface area contributed by atoms with Crippen LogP contribution >= 0.6 is 11.8 Å². The van der Waals surface area contributed by atoms with Crippen molar-refractivity contribution in [3.63, 3.8) is 0 Å². The summed E-state index contributed by atoms with van der Waals surface area (Å²) in [6.45, 7) is 9.94. The third-order valence-electron chi connectivity index (χ3n) is 6.80. The van der Waals surface area contributed by atoms with E-state index in [1.165, 1.54) is 11.9 Å². The van der Waals surface area contributed by atoms with Crippen LogP contribution < -0.4 is 15.8 Å². The van der Waals surface area contributed by atoms with E-state index in [1.807, 2.05) is 26.8 Å². The lowest BCUT2D eigenvalue weighted by atomic mass is 9.72. The first kappa shape index (κ1) is 27.1. The first-order chi connectivity index (χ1) is 17.5. The number of ether oxygens (including phenoxy) is 2. The Morgan fingerprint density at radius 2 is 1.97 bits per heavy atom. The van der Waals surface area contributed by atoms with Gasteiger partial charge in [-0.25, -0.2) is 14.8 Å². The maximum absolute atomic E-state index is 12.2. The maximum atomic E-state index is 12.2. The lowest BCUT2D eigenvalue weighted by Gasteiger charge is -2.36. The van der Waals surface area contributed by atoms with Gasteiger partial charge in [-0.05, 0) is 76.0 Å². The molecule has 3 N–H and O–H groups in total. The predicted octanol–water partition coefficient (Wildman–Crippen LogP) is 5.78. The Morgan fingerprint density at radius 1 is 1.24 bits per heavy atom. The van der Waals surface area contributed by atoms with E-state index in [0.29, 0.717) is 18.0 Å². The second kappa shape index (κ2) is 10.8. The maximum Gasteiger partial charge on any atom is 0.407 e. The molecule has 2 aliphatic carbocycles. The molecule has 0 aliphatic heterocycles. The van der Waals surface area contributed by atoms with E-state index in [1.54, 1.807) is 11.8 Å². The van der Waals surface area contributed by atoms with Crippen molar-refractivity contribution in [2.45, 2.75) is 101 Å². The summed E-state index contributed by atoms with van der Waals surface area (Å²) in [7, 11) is 0. The van der Waals surface area contributed by atoms with Gasteiger partial charge in [0.25, 0.3) is 0 Å². The summed E-state index contributed by atoms with van der Waals surface area (Å²) in [5.41, 5.74) is 9.65. The van der Waals surface area contributed by atoms with E-state index >= 15 is 0 Å². The first-order valence-corrected chi connectivity index (χ1v) is 13.9. The molecule has 198 valence electrons. The molecule has 0 atom stereocenters. The molecule has 0 unspecified atom stereocenters. The number of rotatable bonds is 6. The van der Waals surface area contributed by atoms with Crippen LogP contribution in [0.15, 0.2) is 23.4 Å². The van der Waals surface area contributed by atoms with Crippen LogP contribution in [0.3, 0.4) is 0 Å². The molecule has 1 aromatic carbocycles. The van der Waals surface area contributed by atoms with Gasteiger partial charge in [-0.2, -0.15) is 5.26 Å². The number of nitrogen functional groups attached to an aromatic ring is 1. The topological polar surface area (TPSA) is 123 Å². The summed E-state index contributed by atoms with van der Waals surface area (Å²) in [6.07, 6.45) is 5.83. The highest BCUT2D eigenvalue weighted by molar-refractivity contribution is 7.99. The fourth-order valence-corrected chi connectivity index (χ4v) is 6.25. The Bertz CT molecular complexity index is 1190. The number of amides is 1. The third kappa shape index (κ3) is 6.30. The van der Waals surface area contributed by atoms with Crippen molar-refractivity contribution >= 4 is 23.7 Å². The second-order valence-corrected chi connectivity index (χ2v) is 12.6. The summed E-state index contributed by atoms with van der Waals surface area (Å²) >= 11 is 1.67. The van der Waals surface area contributed by atoms with Gasteiger partial charge in [0, 0.05) is 29.3 Å². The van der Waals surface area contributed by atoms with Crippen LogP contribution in [-0.2, 0) is 16.6 Å². The van der Waals surface area contributed by atoms with Crippen molar-refractivity contribution in [1.82, 2.24) is 15.3 Å². The quantitative estimate of drug-likeness (QED) is 0.361. The average molecular weight is 524 g/mol. The predicted molar refractivity (Wildman–Crippen MR) is 146 cm³/mol. The molecule has 1 aromatic heterocycles. The normalized spacial score (nSPS) is 20.2. The Morgan fingerprint density at radius 3 is 2.65 bits per heavy atom. The van der Waals surface area contributed by atoms with Gasteiger partial charge in [0.1, 0.15) is 23.5 Å². The number of thioether (sulfide) groups is 1. The van der Waals surface area contributed by atoms with Gasteiger partial charge in [-0.15, -0.1) is 11.8 Å². The summed E-state index contributed by atoms with van der Waals surface area (Å²) in [6, 6.07) is 6.44. The Hall–Kier alpha value is -2.99. The van der Waals surface area contributed by atoms with Gasteiger partial charge in [0.2, 0.25) is 0 Å². The molecule has 2 aliphatic rings. The van der Waals surface area contributed by atoms with Crippen LogP contribution in [0.25, 0.3) is 11.3 Å². The van der Waals surface area contributed by atoms with Gasteiger partial charge in [-0.3, -0.25) is 0 Å². The molecule has 1 heterocycles. The number of carbonyl (C=O) groups is 1. The van der Waals surface area contributed by atoms with Crippen LogP contribution in [0, 0.1) is 11.3 Å². The van der Waals surface area contributed by atoms with E-state index in [2.05, 4.69) is 41.3 Å². The number of alkyl carbamates (subject to hydrolysis) is 1. The van der Waals surface area contributed by atoms with E-state index in [4.69, 9.17) is 20.5 Å². The number of hydrogen-bond donors (Lipinski definition) is 2. The van der Waals surface area contributed by atoms with Gasteiger partial charge < -0.3 is 20.5 Å². The zero-order valence-electron chi connectivity index (χ0n) is 22.4. The van der Waals surface area contributed by atoms with Gasteiger partial charge in [0.15, 0.2) is 0 Å². The number of carbonyl (C=O) groups excluding carboxylic acids is 1. The Labute approximate surface area is 223 Å². The smallest absolute Gasteiger partial charge is 0.407 e. The van der Waals surface area contributed by atoms with E-state index in [-0.39, 0.29) is 23.7 Å². The number of benzene rings is 1. The Balaban J connectivity index is 1.54. The highest BCUT2D eigenvalue weighted by Gasteiger charge is 2.37. The number of nitrogens with two attached hydrogens (primary N) is 1. The zero-order chi connectivity index (χ0) is 26.8. The standard InChI is InChI=1S/C28H37N5O3S/c1-27(2,3)36-26(34)33-17-7-9-18(10-8-17)35-21-12-11-19-20(24(21)37-14-6-13-29)15-28(4,5)22-23(19)31-16-32-25(22)30/h11-12,16-18H,6-10,14-15H2,1-5H3,(H,33,34)(H2,30,31,32). The third-order valence-corrected chi connectivity index (χ3v) is 7.95. The van der Waals surface area contributed by atoms with Crippen molar-refractivity contribution in [1.29, 1.82) is 5.26 Å². The number of hydrogen-bond acceptors (Lipinski definition) is 8. The molecule has 8 nitrogen and oxygen atoms in total. The zero-order valence-corrected chi connectivity index (χ0v) is 23.2. The van der Waals surface area contributed by atoms with Crippen molar-refractivity contribution in [2.75, 3.05) is 11.5 Å². The van der Waals surface area contributed by atoms with Crippen LogP contribution in [0.2, 0.25) is 0 Å². The monoisotopic (exact) mass is 523 g/mol. The van der Waals surface area contributed by atoms with Gasteiger partial charge in [0.05, 0.1) is 22.8 Å². The van der Waals surface area contributed by atoms with E-state index in [9.17, 15) is 4.79 Å². The van der Waals surface area contributed by atoms with Gasteiger partial charge >= 0.3 is 6.09 Å². The summed E-state index contributed by atoms with van der Waals surface area (Å²) in [5.74, 6) is 2.07. The summed E-state index contributed by atoms with van der Waals surface area (Å²) in [5, 5.41) is 12.1. The largest absolute Gasteiger partial charge is 0.489 e. The number of fused-ring (bicyclic) bond motifs is 3. The summed E-state index contributed by atoms with van der Waals surface area (Å²) < 4.78 is 12.0. The lowest BCUT2D eigenvalue weighted by Crippen LogP contribution is -2.42. The fourth-order valence-electron chi connectivity index (χ4n) is 5.23. The number of aromatic nitrogens is 2. The molecule has 0 saturated heterocycles. The molecule has 1 saturated carbocycles. The molecular weight excluding hydrogens is 486 g/mol. The SMILES string of the molecule is CC(C)(C)OC(=O)NC1CCC(Oc2ccc3c(c2SCCC#N)CC(C)(C)c2c(N)ncnc2-3)CC1. The number of nitrogens with zero attached hydrogens (tertiary/aromatic N) is 3. The summed E-state index contributed by atoms with van der Waals surface area (Å²) in [4.78, 5) is 22.1. The van der Waals surface area contributed by atoms with E-state index in [0.717, 1.165) is 59.6 Å². The van der Waals surface area contributed by atoms with E-state index < -0.39 is 5.60 Å². The molecular formula is C28H37N5O3S. The number of anilines is 1. The molecule has 0 spiro atoms. The molecule has 1 amide bonds. The molecule has 0 bridgehead atoms. The fraction of sp³-hybridized carbons (Fsp3) is 0.571. The second-order valence-electron chi connectivity index (χ2n) is 11.5. The van der Waals surface area contributed by atoms with Crippen LogP contribution in [0.5, 0.6) is 5.75 Å². The molecule has 4 rings (SSSR count).